The van der Waals surface area contributed by atoms with Gasteiger partial charge in [-0.05, 0) is 17.9 Å². The van der Waals surface area contributed by atoms with Gasteiger partial charge in [-0.1, -0.05) is 36.4 Å². The highest BCUT2D eigenvalue weighted by Gasteiger charge is 2.30. The molecule has 29 heavy (non-hydrogen) atoms. The summed E-state index contributed by atoms with van der Waals surface area (Å²) in [6, 6.07) is 14.9. The summed E-state index contributed by atoms with van der Waals surface area (Å²) in [4.78, 5) is 27.1. The second kappa shape index (κ2) is 8.05. The van der Waals surface area contributed by atoms with Crippen LogP contribution in [-0.4, -0.2) is 41.9 Å². The van der Waals surface area contributed by atoms with Crippen LogP contribution in [0.1, 0.15) is 38.8 Å². The molecule has 1 aliphatic heterocycles. The zero-order valence-electron chi connectivity index (χ0n) is 16.4. The van der Waals surface area contributed by atoms with Crippen LogP contribution in [0, 0.1) is 0 Å². The first-order valence-electron chi connectivity index (χ1n) is 10.3. The van der Waals surface area contributed by atoms with Crippen LogP contribution in [0.5, 0.6) is 0 Å². The summed E-state index contributed by atoms with van der Waals surface area (Å²) in [7, 11) is 0. The fourth-order valence-corrected chi connectivity index (χ4v) is 5.23. The molecule has 0 spiro atoms. The number of ketones is 1. The van der Waals surface area contributed by atoms with Gasteiger partial charge in [-0.2, -0.15) is 0 Å². The minimum atomic E-state index is 0.174. The molecular weight excluding hydrogens is 380 g/mol. The van der Waals surface area contributed by atoms with Crippen molar-refractivity contribution in [3.05, 3.63) is 75.7 Å². The van der Waals surface area contributed by atoms with Crippen molar-refractivity contribution in [2.45, 2.75) is 25.3 Å². The average Bonchev–Trinajstić information content (AvgIpc) is 3.30. The van der Waals surface area contributed by atoms with Gasteiger partial charge in [-0.15, -0.1) is 11.3 Å². The van der Waals surface area contributed by atoms with E-state index in [2.05, 4.69) is 57.7 Å². The monoisotopic (exact) mass is 405 g/mol. The topological polar surface area (TPSA) is 50.5 Å². The lowest BCUT2D eigenvalue weighted by atomic mass is 9.86. The Morgan fingerprint density at radius 2 is 1.90 bits per heavy atom. The lowest BCUT2D eigenvalue weighted by Crippen LogP contribution is -3.13. The predicted octanol–water partition coefficient (Wildman–Crippen LogP) is 2.36. The van der Waals surface area contributed by atoms with Crippen molar-refractivity contribution >= 4 is 23.1 Å². The van der Waals surface area contributed by atoms with E-state index in [4.69, 9.17) is 4.98 Å². The summed E-state index contributed by atoms with van der Waals surface area (Å²) in [5.41, 5.74) is 3.03. The molecule has 0 radical (unpaired) electrons. The van der Waals surface area contributed by atoms with Crippen LogP contribution in [0.15, 0.2) is 54.0 Å². The van der Waals surface area contributed by atoms with Crippen molar-refractivity contribution in [3.63, 3.8) is 0 Å². The van der Waals surface area contributed by atoms with Crippen LogP contribution in [0.25, 0.3) is 0 Å². The summed E-state index contributed by atoms with van der Waals surface area (Å²) in [5.74, 6) is 1.21. The molecule has 5 rings (SSSR count). The Labute approximate surface area is 175 Å². The molecule has 0 amide bonds. The second-order valence-electron chi connectivity index (χ2n) is 7.97. The highest BCUT2D eigenvalue weighted by atomic mass is 32.1. The fourth-order valence-electron chi connectivity index (χ4n) is 4.40. The van der Waals surface area contributed by atoms with Crippen molar-refractivity contribution < 1.29 is 9.69 Å². The number of quaternary nitrogens is 1. The Bertz CT molecular complexity index is 981. The summed E-state index contributed by atoms with van der Waals surface area (Å²) in [6.07, 6.45) is 3.15. The quantitative estimate of drug-likeness (QED) is 0.724. The van der Waals surface area contributed by atoms with Crippen LogP contribution in [0.2, 0.25) is 0 Å². The highest BCUT2D eigenvalue weighted by Crippen LogP contribution is 2.34. The number of rotatable bonds is 4. The van der Waals surface area contributed by atoms with Gasteiger partial charge in [0.2, 0.25) is 5.95 Å². The summed E-state index contributed by atoms with van der Waals surface area (Å²) < 4.78 is 0. The zero-order valence-corrected chi connectivity index (χ0v) is 17.2. The van der Waals surface area contributed by atoms with E-state index in [1.807, 2.05) is 0 Å². The normalized spacial score (nSPS) is 19.9. The summed E-state index contributed by atoms with van der Waals surface area (Å²) >= 11 is 1.73. The molecule has 148 valence electrons. The van der Waals surface area contributed by atoms with Gasteiger partial charge in [-0.3, -0.25) is 4.79 Å². The van der Waals surface area contributed by atoms with Gasteiger partial charge in [0.15, 0.2) is 5.78 Å². The number of hydrogen-bond donors (Lipinski definition) is 1. The molecule has 6 heteroatoms. The number of aromatic nitrogens is 2. The van der Waals surface area contributed by atoms with Gasteiger partial charge in [0.25, 0.3) is 0 Å². The van der Waals surface area contributed by atoms with Gasteiger partial charge in [0.05, 0.1) is 37.4 Å². The number of fused-ring (bicyclic) bond motifs is 1. The maximum atomic E-state index is 12.6. The first-order chi connectivity index (χ1) is 14.3. The van der Waals surface area contributed by atoms with Gasteiger partial charge < -0.3 is 9.80 Å². The second-order valence-corrected chi connectivity index (χ2v) is 8.95. The molecule has 3 heterocycles. The minimum absolute atomic E-state index is 0.174. The lowest BCUT2D eigenvalue weighted by Gasteiger charge is -2.33. The van der Waals surface area contributed by atoms with Gasteiger partial charge in [-0.25, -0.2) is 9.97 Å². The van der Waals surface area contributed by atoms with Crippen LogP contribution in [0.3, 0.4) is 0 Å². The Morgan fingerprint density at radius 1 is 1.07 bits per heavy atom. The van der Waals surface area contributed by atoms with E-state index in [0.29, 0.717) is 6.42 Å². The van der Waals surface area contributed by atoms with Crippen LogP contribution in [0.4, 0.5) is 5.95 Å². The smallest absolute Gasteiger partial charge is 0.225 e. The predicted molar refractivity (Wildman–Crippen MR) is 115 cm³/mol. The maximum absolute atomic E-state index is 12.6. The molecule has 1 atom stereocenters. The molecule has 1 saturated heterocycles. The molecule has 1 fully saturated rings. The third-order valence-corrected chi connectivity index (χ3v) is 7.06. The molecule has 3 aromatic rings. The van der Waals surface area contributed by atoms with Gasteiger partial charge in [0.1, 0.15) is 6.54 Å². The molecule has 0 unspecified atom stereocenters. The Morgan fingerprint density at radius 3 is 2.66 bits per heavy atom. The molecule has 1 aliphatic carbocycles. The van der Waals surface area contributed by atoms with E-state index in [1.165, 1.54) is 10.4 Å². The summed E-state index contributed by atoms with van der Waals surface area (Å²) in [5, 5.41) is 2.08. The van der Waals surface area contributed by atoms with E-state index in [1.54, 1.807) is 22.4 Å². The molecular formula is C23H25N4OS+. The third kappa shape index (κ3) is 3.95. The van der Waals surface area contributed by atoms with Crippen molar-refractivity contribution in [1.29, 1.82) is 0 Å². The van der Waals surface area contributed by atoms with E-state index < -0.39 is 0 Å². The van der Waals surface area contributed by atoms with Crippen molar-refractivity contribution in [1.82, 2.24) is 9.97 Å². The number of carbonyl (C=O) groups excluding carboxylic acids is 1. The van der Waals surface area contributed by atoms with Crippen molar-refractivity contribution in [2.24, 2.45) is 0 Å². The minimum Gasteiger partial charge on any atom is -0.330 e. The van der Waals surface area contributed by atoms with Gasteiger partial charge in [0, 0.05) is 29.0 Å². The summed E-state index contributed by atoms with van der Waals surface area (Å²) in [6.45, 7) is 5.11. The standard InChI is InChI=1S/C23H24N4OS/c28-21-14-18(22-7-4-12-29-22)13-20-19(21)15-24-23(25-20)27-10-8-26(9-11-27)16-17-5-2-1-3-6-17/h1-7,12,15,18H,8-11,13-14,16H2/p+1/t18-/m1/s1. The number of hydrogen-bond acceptors (Lipinski definition) is 5. The molecule has 2 aliphatic rings. The largest absolute Gasteiger partial charge is 0.330 e. The highest BCUT2D eigenvalue weighted by molar-refractivity contribution is 7.10. The lowest BCUT2D eigenvalue weighted by molar-refractivity contribution is -0.914. The third-order valence-electron chi connectivity index (χ3n) is 6.02. The maximum Gasteiger partial charge on any atom is 0.225 e. The number of thiophene rings is 1. The number of Topliss-reactive ketones (excluding diaryl/α,β-unsaturated/α-hetero) is 1. The van der Waals surface area contributed by atoms with Crippen LogP contribution in [-0.2, 0) is 13.0 Å². The molecule has 0 bridgehead atoms. The van der Waals surface area contributed by atoms with Crippen molar-refractivity contribution in [3.8, 4) is 0 Å². The Kier molecular flexibility index (Phi) is 5.12. The number of nitrogens with one attached hydrogen (secondary N) is 1. The molecule has 5 nitrogen and oxygen atoms in total. The number of anilines is 1. The number of benzene rings is 1. The van der Waals surface area contributed by atoms with Crippen LogP contribution >= 0.6 is 11.3 Å². The molecule has 0 saturated carbocycles. The molecule has 1 N–H and O–H groups in total. The van der Waals surface area contributed by atoms with E-state index in [9.17, 15) is 4.79 Å². The Hall–Kier alpha value is -2.57. The number of piperazine rings is 1. The van der Waals surface area contributed by atoms with Crippen LogP contribution < -0.4 is 9.80 Å². The first-order valence-corrected chi connectivity index (χ1v) is 11.2. The van der Waals surface area contributed by atoms with Crippen molar-refractivity contribution in [2.75, 3.05) is 31.1 Å². The molecule has 2 aromatic heterocycles. The number of carbonyl (C=O) groups is 1. The Balaban J connectivity index is 1.27. The van der Waals surface area contributed by atoms with E-state index in [0.717, 1.165) is 56.4 Å². The molecule has 1 aromatic carbocycles. The van der Waals surface area contributed by atoms with E-state index in [-0.39, 0.29) is 11.7 Å². The first kappa shape index (κ1) is 18.5. The SMILES string of the molecule is O=C1C[C@H](c2cccs2)Cc2nc(N3CC[NH+](Cc4ccccc4)CC3)ncc21. The fraction of sp³-hybridized carbons (Fsp3) is 0.348. The van der Waals surface area contributed by atoms with Gasteiger partial charge >= 0.3 is 0 Å². The average molecular weight is 406 g/mol. The number of nitrogens with zero attached hydrogens (tertiary/aromatic N) is 3. The van der Waals surface area contributed by atoms with E-state index >= 15 is 0 Å². The zero-order chi connectivity index (χ0) is 19.6.